The van der Waals surface area contributed by atoms with Crippen LogP contribution >= 0.6 is 0 Å². The Hall–Kier alpha value is -1.38. The number of nitrogens with two attached hydrogens (primary N) is 1. The predicted molar refractivity (Wildman–Crippen MR) is 75.1 cm³/mol. The maximum absolute atomic E-state index is 5.96. The third-order valence-electron chi connectivity index (χ3n) is 3.87. The molecule has 0 aromatic heterocycles. The molecule has 2 N–H and O–H groups in total. The van der Waals surface area contributed by atoms with Gasteiger partial charge < -0.3 is 15.4 Å². The molecule has 2 aliphatic carbocycles. The van der Waals surface area contributed by atoms with Gasteiger partial charge in [0, 0.05) is 36.6 Å². The van der Waals surface area contributed by atoms with Gasteiger partial charge in [-0.15, -0.1) is 0 Å². The van der Waals surface area contributed by atoms with Crippen LogP contribution < -0.4 is 15.4 Å². The number of hydrogen-bond donors (Lipinski definition) is 1. The molecule has 2 saturated carbocycles. The fourth-order valence-corrected chi connectivity index (χ4v) is 2.42. The molecule has 0 heterocycles. The monoisotopic (exact) mass is 246 g/mol. The van der Waals surface area contributed by atoms with E-state index in [1.807, 2.05) is 6.07 Å². The van der Waals surface area contributed by atoms with Gasteiger partial charge in [0.05, 0.1) is 7.11 Å². The van der Waals surface area contributed by atoms with E-state index >= 15 is 0 Å². The summed E-state index contributed by atoms with van der Waals surface area (Å²) in [6.07, 6.45) is 5.56. The molecule has 3 nitrogen and oxygen atoms in total. The number of anilines is 2. The normalized spacial score (nSPS) is 18.7. The van der Waals surface area contributed by atoms with Crippen molar-refractivity contribution >= 4 is 11.4 Å². The standard InChI is InChI=1S/C15H22N2O/c1-18-15-7-13(16)6-14(8-15)17(9-11-2-3-11)10-12-4-5-12/h6-8,11-12H,2-5,9-10,16H2,1H3. The highest BCUT2D eigenvalue weighted by atomic mass is 16.5. The molecule has 1 aromatic carbocycles. The van der Waals surface area contributed by atoms with Gasteiger partial charge in [-0.1, -0.05) is 0 Å². The summed E-state index contributed by atoms with van der Waals surface area (Å²) in [6, 6.07) is 6.07. The SMILES string of the molecule is COc1cc(N)cc(N(CC2CC2)CC2CC2)c1. The van der Waals surface area contributed by atoms with Gasteiger partial charge in [-0.2, -0.15) is 0 Å². The van der Waals surface area contributed by atoms with E-state index in [0.29, 0.717) is 0 Å². The van der Waals surface area contributed by atoms with Gasteiger partial charge in [0.25, 0.3) is 0 Å². The highest BCUT2D eigenvalue weighted by Gasteiger charge is 2.29. The predicted octanol–water partition coefficient (Wildman–Crippen LogP) is 2.90. The van der Waals surface area contributed by atoms with E-state index < -0.39 is 0 Å². The minimum Gasteiger partial charge on any atom is -0.497 e. The summed E-state index contributed by atoms with van der Waals surface area (Å²) in [7, 11) is 1.70. The zero-order valence-electron chi connectivity index (χ0n) is 11.1. The molecule has 98 valence electrons. The van der Waals surface area contributed by atoms with Crippen LogP contribution in [0.3, 0.4) is 0 Å². The summed E-state index contributed by atoms with van der Waals surface area (Å²) in [5.74, 6) is 2.66. The zero-order valence-corrected chi connectivity index (χ0v) is 11.1. The summed E-state index contributed by atoms with van der Waals surface area (Å²) in [5.41, 5.74) is 7.98. The van der Waals surface area contributed by atoms with Crippen molar-refractivity contribution in [2.24, 2.45) is 11.8 Å². The summed E-state index contributed by atoms with van der Waals surface area (Å²) in [6.45, 7) is 2.37. The van der Waals surface area contributed by atoms with Crippen molar-refractivity contribution in [1.82, 2.24) is 0 Å². The van der Waals surface area contributed by atoms with E-state index in [-0.39, 0.29) is 0 Å². The average Bonchev–Trinajstić information content (AvgIpc) is 3.22. The molecule has 3 heteroatoms. The Balaban J connectivity index is 1.79. The van der Waals surface area contributed by atoms with Crippen molar-refractivity contribution in [3.63, 3.8) is 0 Å². The molecule has 0 aliphatic heterocycles. The van der Waals surface area contributed by atoms with Gasteiger partial charge in [-0.25, -0.2) is 0 Å². The van der Waals surface area contributed by atoms with E-state index in [1.54, 1.807) is 7.11 Å². The van der Waals surface area contributed by atoms with Crippen LogP contribution in [0, 0.1) is 11.8 Å². The number of methoxy groups -OCH3 is 1. The Bertz CT molecular complexity index is 411. The van der Waals surface area contributed by atoms with Crippen LogP contribution in [-0.2, 0) is 0 Å². The fourth-order valence-electron chi connectivity index (χ4n) is 2.42. The molecule has 0 amide bonds. The van der Waals surface area contributed by atoms with Gasteiger partial charge in [0.15, 0.2) is 0 Å². The number of ether oxygens (including phenoxy) is 1. The number of benzene rings is 1. The molecular formula is C15H22N2O. The van der Waals surface area contributed by atoms with E-state index in [4.69, 9.17) is 10.5 Å². The molecule has 18 heavy (non-hydrogen) atoms. The zero-order chi connectivity index (χ0) is 12.5. The molecule has 0 atom stereocenters. The maximum Gasteiger partial charge on any atom is 0.122 e. The Labute approximate surface area is 109 Å². The molecule has 2 fully saturated rings. The third-order valence-corrected chi connectivity index (χ3v) is 3.87. The fraction of sp³-hybridized carbons (Fsp3) is 0.600. The first-order valence-corrected chi connectivity index (χ1v) is 6.94. The smallest absolute Gasteiger partial charge is 0.122 e. The second kappa shape index (κ2) is 4.71. The molecule has 2 aliphatic rings. The molecular weight excluding hydrogens is 224 g/mol. The van der Waals surface area contributed by atoms with Crippen molar-refractivity contribution in [3.05, 3.63) is 18.2 Å². The van der Waals surface area contributed by atoms with Gasteiger partial charge in [0.2, 0.25) is 0 Å². The Morgan fingerprint density at radius 2 is 1.72 bits per heavy atom. The molecule has 3 rings (SSSR count). The minimum atomic E-state index is 0.793. The molecule has 1 aromatic rings. The quantitative estimate of drug-likeness (QED) is 0.784. The number of nitrogen functional groups attached to an aromatic ring is 1. The molecule has 0 bridgehead atoms. The lowest BCUT2D eigenvalue weighted by Crippen LogP contribution is -2.28. The maximum atomic E-state index is 5.96. The Kier molecular flexibility index (Phi) is 3.06. The summed E-state index contributed by atoms with van der Waals surface area (Å²) in [5, 5.41) is 0. The largest absolute Gasteiger partial charge is 0.497 e. The third kappa shape index (κ3) is 2.89. The second-order valence-corrected chi connectivity index (χ2v) is 5.76. The number of nitrogens with zero attached hydrogens (tertiary/aromatic N) is 1. The highest BCUT2D eigenvalue weighted by molar-refractivity contribution is 5.60. The van der Waals surface area contributed by atoms with Crippen LogP contribution in [0.25, 0.3) is 0 Å². The number of rotatable bonds is 6. The first-order chi connectivity index (χ1) is 8.74. The minimum absolute atomic E-state index is 0.793. The number of hydrogen-bond acceptors (Lipinski definition) is 3. The molecule has 0 spiro atoms. The molecule has 0 saturated heterocycles. The van der Waals surface area contributed by atoms with E-state index in [9.17, 15) is 0 Å². The van der Waals surface area contributed by atoms with Crippen molar-refractivity contribution in [1.29, 1.82) is 0 Å². The van der Waals surface area contributed by atoms with E-state index in [2.05, 4.69) is 17.0 Å². The average molecular weight is 246 g/mol. The van der Waals surface area contributed by atoms with Crippen molar-refractivity contribution < 1.29 is 4.74 Å². The lowest BCUT2D eigenvalue weighted by atomic mass is 10.2. The van der Waals surface area contributed by atoms with Crippen molar-refractivity contribution in [2.45, 2.75) is 25.7 Å². The van der Waals surface area contributed by atoms with E-state index in [1.165, 1.54) is 44.5 Å². The van der Waals surface area contributed by atoms with Crippen LogP contribution in [0.5, 0.6) is 5.75 Å². The summed E-state index contributed by atoms with van der Waals surface area (Å²) in [4.78, 5) is 2.51. The first-order valence-electron chi connectivity index (χ1n) is 6.94. The van der Waals surface area contributed by atoms with Crippen molar-refractivity contribution in [2.75, 3.05) is 30.8 Å². The van der Waals surface area contributed by atoms with Crippen LogP contribution in [0.15, 0.2) is 18.2 Å². The van der Waals surface area contributed by atoms with Gasteiger partial charge in [-0.3, -0.25) is 0 Å². The second-order valence-electron chi connectivity index (χ2n) is 5.76. The van der Waals surface area contributed by atoms with E-state index in [0.717, 1.165) is 23.3 Å². The van der Waals surface area contributed by atoms with Crippen LogP contribution in [0.4, 0.5) is 11.4 Å². The lowest BCUT2D eigenvalue weighted by molar-refractivity contribution is 0.415. The topological polar surface area (TPSA) is 38.5 Å². The molecule has 0 unspecified atom stereocenters. The van der Waals surface area contributed by atoms with Crippen molar-refractivity contribution in [3.8, 4) is 5.75 Å². The van der Waals surface area contributed by atoms with Crippen LogP contribution in [-0.4, -0.2) is 20.2 Å². The Morgan fingerprint density at radius 3 is 2.22 bits per heavy atom. The summed E-state index contributed by atoms with van der Waals surface area (Å²) >= 11 is 0. The lowest BCUT2D eigenvalue weighted by Gasteiger charge is -2.25. The molecule has 0 radical (unpaired) electrons. The van der Waals surface area contributed by atoms with Crippen LogP contribution in [0.1, 0.15) is 25.7 Å². The first kappa shape index (κ1) is 11.7. The van der Waals surface area contributed by atoms with Crippen LogP contribution in [0.2, 0.25) is 0 Å². The Morgan fingerprint density at radius 1 is 1.11 bits per heavy atom. The summed E-state index contributed by atoms with van der Waals surface area (Å²) < 4.78 is 5.32. The van der Waals surface area contributed by atoms with Gasteiger partial charge in [0.1, 0.15) is 5.75 Å². The van der Waals surface area contributed by atoms with Gasteiger partial charge in [-0.05, 0) is 43.6 Å². The van der Waals surface area contributed by atoms with Gasteiger partial charge >= 0.3 is 0 Å². The highest BCUT2D eigenvalue weighted by Crippen LogP contribution is 2.37.